The van der Waals surface area contributed by atoms with Crippen LogP contribution in [-0.4, -0.2) is 27.7 Å². The quantitative estimate of drug-likeness (QED) is 0.432. The zero-order valence-electron chi connectivity index (χ0n) is 16.1. The molecule has 9 heteroatoms. The first-order valence-corrected chi connectivity index (χ1v) is 11.5. The Kier molecular flexibility index (Phi) is 5.96. The third-order valence-corrected chi connectivity index (χ3v) is 6.98. The van der Waals surface area contributed by atoms with Crippen molar-refractivity contribution in [1.82, 2.24) is 9.97 Å². The van der Waals surface area contributed by atoms with E-state index in [9.17, 15) is 4.79 Å². The van der Waals surface area contributed by atoms with Crippen molar-refractivity contribution in [3.63, 3.8) is 0 Å². The molecule has 2 aromatic heterocycles. The number of anilines is 2. The highest BCUT2D eigenvalue weighted by Gasteiger charge is 2.27. The van der Waals surface area contributed by atoms with Crippen molar-refractivity contribution >= 4 is 62.3 Å². The van der Waals surface area contributed by atoms with Crippen molar-refractivity contribution in [2.75, 3.05) is 16.8 Å². The molecule has 0 spiro atoms. The van der Waals surface area contributed by atoms with Gasteiger partial charge in [-0.05, 0) is 35.7 Å². The number of ether oxygens (including phenoxy) is 1. The van der Waals surface area contributed by atoms with Gasteiger partial charge in [0, 0.05) is 22.0 Å². The summed E-state index contributed by atoms with van der Waals surface area (Å²) in [4.78, 5) is 23.3. The largest absolute Gasteiger partial charge is 0.383 e. The average Bonchev–Trinajstić information content (AvgIpc) is 3.06. The van der Waals surface area contributed by atoms with Gasteiger partial charge in [0.2, 0.25) is 5.91 Å². The lowest BCUT2D eigenvalue weighted by Crippen LogP contribution is -2.26. The number of halogens is 1. The number of nitrogen functional groups attached to an aromatic ring is 1. The van der Waals surface area contributed by atoms with E-state index in [2.05, 4.69) is 29.1 Å². The fourth-order valence-electron chi connectivity index (χ4n) is 3.24. The smallest absolute Gasteiger partial charge is 0.234 e. The maximum absolute atomic E-state index is 12.2. The van der Waals surface area contributed by atoms with Crippen molar-refractivity contribution in [1.29, 1.82) is 0 Å². The van der Waals surface area contributed by atoms with E-state index in [0.29, 0.717) is 34.2 Å². The molecule has 3 heterocycles. The summed E-state index contributed by atoms with van der Waals surface area (Å²) in [6, 6.07) is 6.98. The molecule has 29 heavy (non-hydrogen) atoms. The molecule has 0 bridgehead atoms. The molecule has 0 saturated heterocycles. The maximum Gasteiger partial charge on any atom is 0.234 e. The number of hydrogen-bond acceptors (Lipinski definition) is 7. The molecular formula is C20H21ClN4O2S2. The highest BCUT2D eigenvalue weighted by atomic mass is 35.5. The van der Waals surface area contributed by atoms with Crippen molar-refractivity contribution in [3.8, 4) is 0 Å². The number of nitrogens with zero attached hydrogens (tertiary/aromatic N) is 2. The molecule has 3 N–H and O–H groups in total. The normalized spacial score (nSPS) is 16.2. The number of thiophene rings is 1. The molecule has 1 aliphatic rings. The third-order valence-electron chi connectivity index (χ3n) is 4.78. The first-order chi connectivity index (χ1) is 13.9. The Morgan fingerprint density at radius 1 is 1.38 bits per heavy atom. The predicted octanol–water partition coefficient (Wildman–Crippen LogP) is 4.76. The van der Waals surface area contributed by atoms with Crippen LogP contribution in [0.1, 0.15) is 24.3 Å². The molecule has 0 aliphatic carbocycles. The fraction of sp³-hybridized carbons (Fsp3) is 0.350. The molecule has 1 aromatic carbocycles. The maximum atomic E-state index is 12.2. The molecule has 0 fully saturated rings. The lowest BCUT2D eigenvalue weighted by Gasteiger charge is -2.26. The summed E-state index contributed by atoms with van der Waals surface area (Å²) in [7, 11) is 0. The number of nitrogens with two attached hydrogens (primary N) is 1. The number of carbonyl (C=O) groups is 1. The summed E-state index contributed by atoms with van der Waals surface area (Å²) in [5, 5.41) is 4.89. The van der Waals surface area contributed by atoms with Gasteiger partial charge in [-0.25, -0.2) is 9.97 Å². The van der Waals surface area contributed by atoms with Crippen molar-refractivity contribution < 1.29 is 9.53 Å². The van der Waals surface area contributed by atoms with Gasteiger partial charge in [0.05, 0.1) is 23.8 Å². The minimum absolute atomic E-state index is 0.141. The summed E-state index contributed by atoms with van der Waals surface area (Å²) in [6.07, 6.45) is 1.02. The summed E-state index contributed by atoms with van der Waals surface area (Å²) in [5.74, 6) is 0.960. The Morgan fingerprint density at radius 3 is 2.86 bits per heavy atom. The zero-order valence-corrected chi connectivity index (χ0v) is 18.5. The molecule has 0 radical (unpaired) electrons. The molecule has 1 amide bonds. The molecule has 1 aliphatic heterocycles. The number of rotatable bonds is 5. The van der Waals surface area contributed by atoms with Gasteiger partial charge in [-0.2, -0.15) is 0 Å². The number of benzene rings is 1. The average molecular weight is 449 g/mol. The Morgan fingerprint density at radius 2 is 2.14 bits per heavy atom. The van der Waals surface area contributed by atoms with Gasteiger partial charge in [-0.1, -0.05) is 37.2 Å². The summed E-state index contributed by atoms with van der Waals surface area (Å²) in [6.45, 7) is 4.91. The molecule has 152 valence electrons. The number of hydrogen-bond donors (Lipinski definition) is 2. The van der Waals surface area contributed by atoms with Gasteiger partial charge in [0.15, 0.2) is 5.16 Å². The molecule has 0 saturated carbocycles. The Labute approximate surface area is 182 Å². The number of amides is 1. The van der Waals surface area contributed by atoms with Crippen LogP contribution in [0.5, 0.6) is 0 Å². The highest BCUT2D eigenvalue weighted by molar-refractivity contribution is 7.99. The third kappa shape index (κ3) is 4.50. The first kappa shape index (κ1) is 20.4. The first-order valence-electron chi connectivity index (χ1n) is 9.28. The lowest BCUT2D eigenvalue weighted by atomic mass is 9.96. The van der Waals surface area contributed by atoms with Crippen LogP contribution in [0.25, 0.3) is 10.2 Å². The van der Waals surface area contributed by atoms with Crippen molar-refractivity contribution in [3.05, 3.63) is 39.7 Å². The van der Waals surface area contributed by atoms with Gasteiger partial charge in [0.1, 0.15) is 10.6 Å². The van der Waals surface area contributed by atoms with E-state index >= 15 is 0 Å². The van der Waals surface area contributed by atoms with E-state index < -0.39 is 0 Å². The minimum Gasteiger partial charge on any atom is -0.383 e. The zero-order chi connectivity index (χ0) is 20.5. The molecular weight excluding hydrogens is 428 g/mol. The van der Waals surface area contributed by atoms with Crippen LogP contribution >= 0.6 is 34.7 Å². The van der Waals surface area contributed by atoms with Gasteiger partial charge in [-0.3, -0.25) is 4.79 Å². The van der Waals surface area contributed by atoms with Crippen LogP contribution < -0.4 is 11.1 Å². The van der Waals surface area contributed by atoms with Crippen LogP contribution in [0.2, 0.25) is 5.02 Å². The number of fused-ring (bicyclic) bond motifs is 3. The second-order valence-corrected chi connectivity index (χ2v) is 9.68. The Hall–Kier alpha value is -1.87. The van der Waals surface area contributed by atoms with Gasteiger partial charge < -0.3 is 15.8 Å². The second-order valence-electron chi connectivity index (χ2n) is 7.22. The van der Waals surface area contributed by atoms with Crippen LogP contribution in [-0.2, 0) is 22.6 Å². The van der Waals surface area contributed by atoms with E-state index in [1.165, 1.54) is 22.2 Å². The van der Waals surface area contributed by atoms with Crippen LogP contribution in [0, 0.1) is 5.92 Å². The van der Waals surface area contributed by atoms with Gasteiger partial charge in [-0.15, -0.1) is 11.3 Å². The topological polar surface area (TPSA) is 90.1 Å². The monoisotopic (exact) mass is 448 g/mol. The Balaban J connectivity index is 1.48. The molecule has 1 atom stereocenters. The molecule has 0 unspecified atom stereocenters. The Bertz CT molecular complexity index is 1050. The van der Waals surface area contributed by atoms with Crippen LogP contribution in [0.3, 0.4) is 0 Å². The summed E-state index contributed by atoms with van der Waals surface area (Å²) >= 11 is 8.72. The predicted molar refractivity (Wildman–Crippen MR) is 120 cm³/mol. The number of thioether (sulfide) groups is 1. The minimum atomic E-state index is -0.141. The van der Waals surface area contributed by atoms with Crippen LogP contribution in [0.15, 0.2) is 29.4 Å². The fourth-order valence-corrected chi connectivity index (χ4v) is 5.21. The van der Waals surface area contributed by atoms with Gasteiger partial charge >= 0.3 is 0 Å². The van der Waals surface area contributed by atoms with E-state index in [0.717, 1.165) is 16.6 Å². The van der Waals surface area contributed by atoms with E-state index in [4.69, 9.17) is 22.1 Å². The number of aromatic nitrogens is 2. The molecule has 3 aromatic rings. The highest BCUT2D eigenvalue weighted by Crippen LogP contribution is 2.39. The SMILES string of the molecule is CC(C)[C@@H]1Cc2c(sc3nc(SCC(=O)Nc4ccc(Cl)cc4)nc(N)c23)CO1. The van der Waals surface area contributed by atoms with Crippen molar-refractivity contribution in [2.45, 2.75) is 38.1 Å². The standard InChI is InChI=1S/C20H21ClN4O2S2/c1-10(2)14-7-13-15(8-27-14)29-19-17(13)18(22)24-20(25-19)28-9-16(26)23-12-5-3-11(21)4-6-12/h3-6,10,14H,7-9H2,1-2H3,(H,23,26)(H2,22,24,25)/t14-/m0/s1. The molecule has 6 nitrogen and oxygen atoms in total. The van der Waals surface area contributed by atoms with E-state index in [-0.39, 0.29) is 17.8 Å². The lowest BCUT2D eigenvalue weighted by molar-refractivity contribution is -0.113. The van der Waals surface area contributed by atoms with Crippen molar-refractivity contribution in [2.24, 2.45) is 5.92 Å². The number of carbonyl (C=O) groups excluding carboxylic acids is 1. The number of nitrogens with one attached hydrogen (secondary N) is 1. The van der Waals surface area contributed by atoms with Gasteiger partial charge in [0.25, 0.3) is 0 Å². The summed E-state index contributed by atoms with van der Waals surface area (Å²) in [5.41, 5.74) is 8.19. The van der Waals surface area contributed by atoms with E-state index in [1.54, 1.807) is 35.6 Å². The van der Waals surface area contributed by atoms with E-state index in [1.807, 2.05) is 0 Å². The molecule has 4 rings (SSSR count). The second kappa shape index (κ2) is 8.47. The summed E-state index contributed by atoms with van der Waals surface area (Å²) < 4.78 is 5.96. The van der Waals surface area contributed by atoms with Crippen LogP contribution in [0.4, 0.5) is 11.5 Å².